The number of unbranched alkanes of at least 4 members (excludes halogenated alkanes) is 1. The summed E-state index contributed by atoms with van der Waals surface area (Å²) in [5.41, 5.74) is 14.3. The molecule has 0 amide bonds. The highest BCUT2D eigenvalue weighted by Gasteiger charge is 2.16. The van der Waals surface area contributed by atoms with Gasteiger partial charge >= 0.3 is 0 Å². The molecule has 2 aromatic rings. The number of rotatable bonds is 9. The molecule has 0 atom stereocenters. The molecule has 0 aliphatic heterocycles. The Morgan fingerprint density at radius 3 is 2.50 bits per heavy atom. The molecule has 1 aliphatic carbocycles. The maximum absolute atomic E-state index is 6.43. The van der Waals surface area contributed by atoms with Crippen LogP contribution in [-0.2, 0) is 12.8 Å². The van der Waals surface area contributed by atoms with Crippen molar-refractivity contribution in [2.24, 2.45) is 5.73 Å². The zero-order valence-electron chi connectivity index (χ0n) is 18.0. The van der Waals surface area contributed by atoms with Crippen LogP contribution < -0.4 is 11.1 Å². The quantitative estimate of drug-likeness (QED) is 0.451. The van der Waals surface area contributed by atoms with Crippen molar-refractivity contribution >= 4 is 17.3 Å². The molecule has 0 spiro atoms. The van der Waals surface area contributed by atoms with Crippen LogP contribution in [0.1, 0.15) is 62.1 Å². The predicted octanol–water partition coefficient (Wildman–Crippen LogP) is 7.16. The molecule has 30 heavy (non-hydrogen) atoms. The lowest BCUT2D eigenvalue weighted by Gasteiger charge is -2.23. The van der Waals surface area contributed by atoms with Crippen molar-refractivity contribution in [1.82, 2.24) is 5.32 Å². The summed E-state index contributed by atoms with van der Waals surface area (Å²) in [5.74, 6) is 0. The molecule has 0 unspecified atom stereocenters. The van der Waals surface area contributed by atoms with Gasteiger partial charge in [0.25, 0.3) is 0 Å². The van der Waals surface area contributed by atoms with Crippen molar-refractivity contribution in [3.8, 4) is 0 Å². The zero-order valence-corrected chi connectivity index (χ0v) is 18.8. The Bertz CT molecular complexity index is 939. The molecule has 0 radical (unpaired) electrons. The molecule has 3 rings (SSSR count). The van der Waals surface area contributed by atoms with Crippen molar-refractivity contribution in [2.75, 3.05) is 0 Å². The molecule has 2 nitrogen and oxygen atoms in total. The monoisotopic (exact) mass is 420 g/mol. The molecule has 0 saturated heterocycles. The van der Waals surface area contributed by atoms with E-state index in [9.17, 15) is 0 Å². The van der Waals surface area contributed by atoms with E-state index in [1.54, 1.807) is 0 Å². The Balaban J connectivity index is 1.89. The molecular weight excluding hydrogens is 388 g/mol. The van der Waals surface area contributed by atoms with E-state index in [2.05, 4.69) is 55.2 Å². The lowest BCUT2D eigenvalue weighted by atomic mass is 9.92. The summed E-state index contributed by atoms with van der Waals surface area (Å²) in [7, 11) is 0. The Hall–Kier alpha value is -2.45. The van der Waals surface area contributed by atoms with E-state index in [1.807, 2.05) is 18.2 Å². The number of nitrogens with two attached hydrogens (primary N) is 1. The molecule has 158 valence electrons. The summed E-state index contributed by atoms with van der Waals surface area (Å²) in [6, 6.07) is 16.6. The molecule has 0 heterocycles. The van der Waals surface area contributed by atoms with E-state index < -0.39 is 0 Å². The summed E-state index contributed by atoms with van der Waals surface area (Å²) in [6.07, 6.45) is 10.7. The molecule has 2 aromatic carbocycles. The molecule has 0 saturated carbocycles. The van der Waals surface area contributed by atoms with E-state index >= 15 is 0 Å². The van der Waals surface area contributed by atoms with Gasteiger partial charge in [0.2, 0.25) is 0 Å². The van der Waals surface area contributed by atoms with Crippen molar-refractivity contribution in [2.45, 2.75) is 58.3 Å². The third kappa shape index (κ3) is 5.79. The van der Waals surface area contributed by atoms with Gasteiger partial charge in [-0.3, -0.25) is 0 Å². The van der Waals surface area contributed by atoms with Crippen molar-refractivity contribution in [3.63, 3.8) is 0 Å². The van der Waals surface area contributed by atoms with Crippen molar-refractivity contribution in [3.05, 3.63) is 99.9 Å². The topological polar surface area (TPSA) is 38.0 Å². The molecule has 1 aliphatic rings. The van der Waals surface area contributed by atoms with Crippen molar-refractivity contribution in [1.29, 1.82) is 0 Å². The zero-order chi connectivity index (χ0) is 21.3. The summed E-state index contributed by atoms with van der Waals surface area (Å²) >= 11 is 6.39. The van der Waals surface area contributed by atoms with Gasteiger partial charge in [0, 0.05) is 27.7 Å². The molecule has 3 heteroatoms. The first-order chi connectivity index (χ1) is 14.6. The van der Waals surface area contributed by atoms with E-state index in [0.29, 0.717) is 0 Å². The predicted molar refractivity (Wildman–Crippen MR) is 130 cm³/mol. The van der Waals surface area contributed by atoms with Gasteiger partial charge in [-0.1, -0.05) is 80.1 Å². The lowest BCUT2D eigenvalue weighted by molar-refractivity contribution is 0.665. The number of hydrogen-bond donors (Lipinski definition) is 2. The van der Waals surface area contributed by atoms with Gasteiger partial charge < -0.3 is 11.1 Å². The minimum absolute atomic E-state index is 0.754. The molecule has 0 bridgehead atoms. The van der Waals surface area contributed by atoms with Gasteiger partial charge in [0.1, 0.15) is 0 Å². The van der Waals surface area contributed by atoms with E-state index in [-0.39, 0.29) is 0 Å². The number of halogens is 1. The summed E-state index contributed by atoms with van der Waals surface area (Å²) in [5, 5.41) is 4.42. The first-order valence-corrected chi connectivity index (χ1v) is 11.4. The normalized spacial score (nSPS) is 14.7. The van der Waals surface area contributed by atoms with Crippen LogP contribution in [0.2, 0.25) is 5.02 Å². The highest BCUT2D eigenvalue weighted by molar-refractivity contribution is 6.31. The van der Waals surface area contributed by atoms with Gasteiger partial charge in [0.05, 0.1) is 0 Å². The third-order valence-electron chi connectivity index (χ3n) is 5.75. The second kappa shape index (κ2) is 11.1. The Morgan fingerprint density at radius 1 is 1.07 bits per heavy atom. The Kier molecular flexibility index (Phi) is 8.21. The van der Waals surface area contributed by atoms with Gasteiger partial charge in [-0.25, -0.2) is 0 Å². The van der Waals surface area contributed by atoms with Crippen LogP contribution >= 0.6 is 11.6 Å². The maximum Gasteiger partial charge on any atom is 0.0441 e. The van der Waals surface area contributed by atoms with Gasteiger partial charge in [0.15, 0.2) is 0 Å². The van der Waals surface area contributed by atoms with Crippen molar-refractivity contribution < 1.29 is 0 Å². The maximum atomic E-state index is 6.43. The number of nitrogens with one attached hydrogen (secondary N) is 1. The second-order valence-electron chi connectivity index (χ2n) is 7.99. The highest BCUT2D eigenvalue weighted by Crippen LogP contribution is 2.29. The fourth-order valence-corrected chi connectivity index (χ4v) is 4.20. The Labute approximate surface area is 186 Å². The fraction of sp³-hybridized carbons (Fsp3) is 0.333. The van der Waals surface area contributed by atoms with Gasteiger partial charge in [-0.15, -0.1) is 0 Å². The summed E-state index contributed by atoms with van der Waals surface area (Å²) in [4.78, 5) is 0. The minimum atomic E-state index is 0.754. The van der Waals surface area contributed by atoms with Crippen LogP contribution in [-0.4, -0.2) is 0 Å². The number of hydrogen-bond acceptors (Lipinski definition) is 2. The van der Waals surface area contributed by atoms with Crippen LogP contribution in [0.3, 0.4) is 0 Å². The van der Waals surface area contributed by atoms with Crippen LogP contribution in [0, 0.1) is 0 Å². The largest absolute Gasteiger partial charge is 0.402 e. The number of allylic oxidation sites excluding steroid dienone is 3. The standard InChI is InChI=1S/C27H33ClN2/c1-3-4-11-21-12-5-7-14-23(21)20(2)30-27(24-15-8-10-17-26(24)29)19-18-22-13-6-9-16-25(22)28/h5-7,9,12-14,16,19,30H,2-4,8,10-11,15,17-18,29H2,1H3/b27-19+. The molecule has 3 N–H and O–H groups in total. The van der Waals surface area contributed by atoms with Gasteiger partial charge in [-0.2, -0.15) is 0 Å². The SMILES string of the molecule is C=C(N/C(=C/Cc1ccccc1Cl)C1=C(N)CCCC1)c1ccccc1CCCC. The lowest BCUT2D eigenvalue weighted by Crippen LogP contribution is -2.19. The van der Waals surface area contributed by atoms with E-state index in [4.69, 9.17) is 17.3 Å². The van der Waals surface area contributed by atoms with E-state index in [1.165, 1.54) is 36.0 Å². The Morgan fingerprint density at radius 2 is 1.77 bits per heavy atom. The average molecular weight is 421 g/mol. The van der Waals surface area contributed by atoms with E-state index in [0.717, 1.165) is 59.8 Å². The number of benzene rings is 2. The third-order valence-corrected chi connectivity index (χ3v) is 6.12. The van der Waals surface area contributed by atoms with Crippen LogP contribution in [0.4, 0.5) is 0 Å². The highest BCUT2D eigenvalue weighted by atomic mass is 35.5. The van der Waals surface area contributed by atoms with Crippen LogP contribution in [0.5, 0.6) is 0 Å². The summed E-state index contributed by atoms with van der Waals surface area (Å²) < 4.78 is 0. The first kappa shape index (κ1) is 22.2. The summed E-state index contributed by atoms with van der Waals surface area (Å²) in [6.45, 7) is 6.61. The molecular formula is C27H33ClN2. The number of aryl methyl sites for hydroxylation is 1. The molecule has 0 aromatic heterocycles. The average Bonchev–Trinajstić information content (AvgIpc) is 2.76. The fourth-order valence-electron chi connectivity index (χ4n) is 3.99. The first-order valence-electron chi connectivity index (χ1n) is 11.1. The second-order valence-corrected chi connectivity index (χ2v) is 8.40. The van der Waals surface area contributed by atoms with Gasteiger partial charge in [-0.05, 0) is 67.7 Å². The van der Waals surface area contributed by atoms with Crippen LogP contribution in [0.15, 0.2) is 78.2 Å². The molecule has 0 fully saturated rings. The van der Waals surface area contributed by atoms with Crippen LogP contribution in [0.25, 0.3) is 5.70 Å². The minimum Gasteiger partial charge on any atom is -0.402 e. The smallest absolute Gasteiger partial charge is 0.0441 e.